The van der Waals surface area contributed by atoms with E-state index >= 15 is 0 Å². The van der Waals surface area contributed by atoms with Crippen LogP contribution in [0.3, 0.4) is 0 Å². The molecule has 1 aromatic heterocycles. The van der Waals surface area contributed by atoms with Crippen LogP contribution in [-0.4, -0.2) is 32.7 Å². The number of para-hydroxylation sites is 1. The quantitative estimate of drug-likeness (QED) is 0.381. The molecule has 0 unspecified atom stereocenters. The third-order valence-electron chi connectivity index (χ3n) is 5.11. The summed E-state index contributed by atoms with van der Waals surface area (Å²) in [5.74, 6) is 0. The molecule has 0 fully saturated rings. The predicted molar refractivity (Wildman–Crippen MR) is 128 cm³/mol. The van der Waals surface area contributed by atoms with Crippen molar-refractivity contribution in [1.29, 1.82) is 0 Å². The molecule has 3 aromatic carbocycles. The van der Waals surface area contributed by atoms with E-state index in [0.29, 0.717) is 0 Å². The fourth-order valence-electron chi connectivity index (χ4n) is 3.50. The Labute approximate surface area is 179 Å². The molecule has 0 bridgehead atoms. The molecule has 4 nitrogen and oxygen atoms in total. The number of ether oxygens (including phenoxy) is 1. The minimum atomic E-state index is 0.856. The fraction of sp³-hybridized carbons (Fsp3) is 0.231. The van der Waals surface area contributed by atoms with Crippen molar-refractivity contribution in [1.82, 2.24) is 15.6 Å². The van der Waals surface area contributed by atoms with Gasteiger partial charge in [-0.25, -0.2) is 0 Å². The van der Waals surface area contributed by atoms with Crippen LogP contribution in [0.5, 0.6) is 0 Å². The molecule has 0 aliphatic heterocycles. The number of aromatic amines is 1. The summed E-state index contributed by atoms with van der Waals surface area (Å²) in [6.07, 6.45) is 5.78. The molecule has 156 valence electrons. The lowest BCUT2D eigenvalue weighted by atomic mass is 10.0. The topological polar surface area (TPSA) is 49.1 Å². The molecule has 0 radical (unpaired) electrons. The Kier molecular flexibility index (Phi) is 7.93. The van der Waals surface area contributed by atoms with Gasteiger partial charge in [0.15, 0.2) is 0 Å². The second kappa shape index (κ2) is 11.1. The molecule has 0 spiro atoms. The van der Waals surface area contributed by atoms with Gasteiger partial charge in [0.1, 0.15) is 6.26 Å². The summed E-state index contributed by atoms with van der Waals surface area (Å²) >= 11 is 0. The molecule has 3 N–H and O–H groups in total. The first kappa shape index (κ1) is 21.5. The van der Waals surface area contributed by atoms with Crippen molar-refractivity contribution in [2.24, 2.45) is 0 Å². The molecule has 4 heteroatoms. The number of hydrogen-bond donors (Lipinski definition) is 3. The number of methoxy groups -OCH3 is 1. The van der Waals surface area contributed by atoms with Gasteiger partial charge in [-0.2, -0.15) is 0 Å². The van der Waals surface area contributed by atoms with Crippen LogP contribution < -0.4 is 10.6 Å². The molecule has 0 atom stereocenters. The van der Waals surface area contributed by atoms with Crippen LogP contribution in [-0.2, 0) is 17.6 Å². The second-order valence-corrected chi connectivity index (χ2v) is 7.20. The molecule has 4 aromatic rings. The summed E-state index contributed by atoms with van der Waals surface area (Å²) in [5, 5.41) is 10.2. The molecule has 30 heavy (non-hydrogen) atoms. The summed E-state index contributed by atoms with van der Waals surface area (Å²) in [7, 11) is 5.55. The van der Waals surface area contributed by atoms with Crippen molar-refractivity contribution >= 4 is 21.7 Å². The number of nitrogens with one attached hydrogen (secondary N) is 3. The van der Waals surface area contributed by atoms with Crippen LogP contribution >= 0.6 is 0 Å². The van der Waals surface area contributed by atoms with E-state index < -0.39 is 0 Å². The summed E-state index contributed by atoms with van der Waals surface area (Å²) in [6, 6.07) is 23.3. The largest absolute Gasteiger partial charge is 0.503 e. The highest BCUT2D eigenvalue weighted by Gasteiger charge is 2.01. The number of allylic oxidation sites excluding steroid dienone is 1. The normalized spacial score (nSPS) is 11.2. The zero-order valence-electron chi connectivity index (χ0n) is 18.0. The van der Waals surface area contributed by atoms with Crippen molar-refractivity contribution in [3.63, 3.8) is 0 Å². The second-order valence-electron chi connectivity index (χ2n) is 7.20. The highest BCUT2D eigenvalue weighted by molar-refractivity contribution is 5.83. The van der Waals surface area contributed by atoms with E-state index in [1.165, 1.54) is 32.8 Å². The van der Waals surface area contributed by atoms with Crippen LogP contribution in [0.1, 0.15) is 11.1 Å². The Morgan fingerprint density at radius 3 is 2.50 bits per heavy atom. The van der Waals surface area contributed by atoms with E-state index in [4.69, 9.17) is 4.74 Å². The number of hydrogen-bond acceptors (Lipinski definition) is 3. The zero-order chi connectivity index (χ0) is 21.2. The van der Waals surface area contributed by atoms with Crippen molar-refractivity contribution in [3.8, 4) is 0 Å². The molecular formula is C26H31N3O. The maximum absolute atomic E-state index is 5.03. The van der Waals surface area contributed by atoms with E-state index in [-0.39, 0.29) is 0 Å². The monoisotopic (exact) mass is 401 g/mol. The molecule has 0 saturated heterocycles. The van der Waals surface area contributed by atoms with Crippen molar-refractivity contribution < 1.29 is 4.74 Å². The van der Waals surface area contributed by atoms with E-state index in [2.05, 4.69) is 88.5 Å². The van der Waals surface area contributed by atoms with E-state index in [1.54, 1.807) is 13.4 Å². The minimum absolute atomic E-state index is 0.856. The molecule has 1 heterocycles. The van der Waals surface area contributed by atoms with Crippen molar-refractivity contribution in [2.75, 3.05) is 27.7 Å². The summed E-state index contributed by atoms with van der Waals surface area (Å²) < 4.78 is 5.03. The predicted octanol–water partition coefficient (Wildman–Crippen LogP) is 5.02. The van der Waals surface area contributed by atoms with Gasteiger partial charge in [0, 0.05) is 36.3 Å². The van der Waals surface area contributed by atoms with Gasteiger partial charge >= 0.3 is 0 Å². The van der Waals surface area contributed by atoms with E-state index in [9.17, 15) is 0 Å². The standard InChI is InChI=1S/C15H17NO.C11H14N2/c1-16-15(11-17-2)10-12-7-8-13-5-3-4-6-14(13)9-12;1-12-7-6-9-8-13-11-5-3-2-4-10(9)11/h3-9,11,16H,10H2,1-2H3;2-5,8,12-13H,6-7H2,1H3/b15-11+;. The Morgan fingerprint density at radius 1 is 0.967 bits per heavy atom. The van der Waals surface area contributed by atoms with Crippen LogP contribution in [0.2, 0.25) is 0 Å². The van der Waals surface area contributed by atoms with Gasteiger partial charge in [-0.1, -0.05) is 60.7 Å². The number of likely N-dealkylation sites (N-methyl/N-ethyl adjacent to an activating group) is 2. The Hall–Kier alpha value is -3.24. The van der Waals surface area contributed by atoms with Crippen molar-refractivity contribution in [2.45, 2.75) is 12.8 Å². The summed E-state index contributed by atoms with van der Waals surface area (Å²) in [5.41, 5.74) is 4.97. The summed E-state index contributed by atoms with van der Waals surface area (Å²) in [4.78, 5) is 3.27. The lowest BCUT2D eigenvalue weighted by Gasteiger charge is -2.07. The van der Waals surface area contributed by atoms with Crippen molar-refractivity contribution in [3.05, 3.63) is 96.0 Å². The minimum Gasteiger partial charge on any atom is -0.503 e. The van der Waals surface area contributed by atoms with Gasteiger partial charge in [0.05, 0.1) is 7.11 Å². The van der Waals surface area contributed by atoms with Gasteiger partial charge < -0.3 is 20.4 Å². The SMILES string of the molecule is CN/C(=C/OC)Cc1ccc2ccccc2c1.CNCCc1c[nH]c2ccccc12. The van der Waals surface area contributed by atoms with Gasteiger partial charge in [0.2, 0.25) is 0 Å². The number of fused-ring (bicyclic) bond motifs is 2. The first-order valence-electron chi connectivity index (χ1n) is 10.3. The number of benzene rings is 3. The average molecular weight is 402 g/mol. The van der Waals surface area contributed by atoms with Gasteiger partial charge in [-0.05, 0) is 48.0 Å². The third kappa shape index (κ3) is 5.65. The highest BCUT2D eigenvalue weighted by atomic mass is 16.5. The Morgan fingerprint density at radius 2 is 1.73 bits per heavy atom. The fourth-order valence-corrected chi connectivity index (χ4v) is 3.50. The van der Waals surface area contributed by atoms with E-state index in [0.717, 1.165) is 25.1 Å². The average Bonchev–Trinajstić information content (AvgIpc) is 3.21. The number of rotatable bonds is 7. The molecule has 0 aliphatic rings. The lowest BCUT2D eigenvalue weighted by molar-refractivity contribution is 0.330. The smallest absolute Gasteiger partial charge is 0.102 e. The lowest BCUT2D eigenvalue weighted by Crippen LogP contribution is -2.09. The van der Waals surface area contributed by atoms with Crippen LogP contribution in [0, 0.1) is 0 Å². The van der Waals surface area contributed by atoms with Crippen LogP contribution in [0.4, 0.5) is 0 Å². The van der Waals surface area contributed by atoms with Gasteiger partial charge in [-0.3, -0.25) is 0 Å². The first-order valence-corrected chi connectivity index (χ1v) is 10.3. The Bertz CT molecular complexity index is 1100. The molecule has 0 amide bonds. The molecule has 0 saturated carbocycles. The van der Waals surface area contributed by atoms with Gasteiger partial charge in [0.25, 0.3) is 0 Å². The maximum Gasteiger partial charge on any atom is 0.102 e. The third-order valence-corrected chi connectivity index (χ3v) is 5.11. The molecule has 4 rings (SSSR count). The highest BCUT2D eigenvalue weighted by Crippen LogP contribution is 2.18. The van der Waals surface area contributed by atoms with Crippen LogP contribution in [0.15, 0.2) is 84.9 Å². The van der Waals surface area contributed by atoms with Crippen LogP contribution in [0.25, 0.3) is 21.7 Å². The summed E-state index contributed by atoms with van der Waals surface area (Å²) in [6.45, 7) is 1.03. The number of H-pyrrole nitrogens is 1. The van der Waals surface area contributed by atoms with Gasteiger partial charge in [-0.15, -0.1) is 0 Å². The molecule has 0 aliphatic carbocycles. The van der Waals surface area contributed by atoms with E-state index in [1.807, 2.05) is 14.1 Å². The maximum atomic E-state index is 5.03. The number of aromatic nitrogens is 1. The Balaban J connectivity index is 0.000000177. The molecular weight excluding hydrogens is 370 g/mol. The zero-order valence-corrected chi connectivity index (χ0v) is 18.0. The first-order chi connectivity index (χ1) is 14.7.